The molecule has 29 heavy (non-hydrogen) atoms. The van der Waals surface area contributed by atoms with Gasteiger partial charge in [0, 0.05) is 31.1 Å². The second-order valence-corrected chi connectivity index (χ2v) is 9.02. The van der Waals surface area contributed by atoms with Crippen LogP contribution in [0.5, 0.6) is 0 Å². The number of amides is 3. The molecule has 1 saturated carbocycles. The third-order valence-corrected chi connectivity index (χ3v) is 7.03. The van der Waals surface area contributed by atoms with Gasteiger partial charge in [-0.1, -0.05) is 12.1 Å². The number of imide groups is 1. The third kappa shape index (κ3) is 3.57. The van der Waals surface area contributed by atoms with E-state index in [0.717, 1.165) is 30.1 Å². The van der Waals surface area contributed by atoms with E-state index in [1.165, 1.54) is 25.8 Å². The Morgan fingerprint density at radius 3 is 2.86 bits per heavy atom. The predicted molar refractivity (Wildman–Crippen MR) is 107 cm³/mol. The van der Waals surface area contributed by atoms with Gasteiger partial charge in [-0.3, -0.25) is 19.7 Å². The van der Waals surface area contributed by atoms with Crippen molar-refractivity contribution in [3.05, 3.63) is 34.9 Å². The highest BCUT2D eigenvalue weighted by molar-refractivity contribution is 6.05. The SMILES string of the molecule is O=C1CCC(N2Cc3c(CNCC4CC5CNC(C4)C5)cccc3C2=O)C(=O)N1. The van der Waals surface area contributed by atoms with Gasteiger partial charge in [-0.25, -0.2) is 0 Å². The topological polar surface area (TPSA) is 90.5 Å². The van der Waals surface area contributed by atoms with Gasteiger partial charge < -0.3 is 15.5 Å². The van der Waals surface area contributed by atoms with E-state index in [2.05, 4.69) is 22.0 Å². The molecule has 4 atom stereocenters. The molecular weight excluding hydrogens is 368 g/mol. The highest BCUT2D eigenvalue weighted by atomic mass is 16.2. The van der Waals surface area contributed by atoms with Gasteiger partial charge in [-0.05, 0) is 67.8 Å². The van der Waals surface area contributed by atoms with Crippen molar-refractivity contribution in [1.29, 1.82) is 0 Å². The Morgan fingerprint density at radius 2 is 2.03 bits per heavy atom. The van der Waals surface area contributed by atoms with Crippen molar-refractivity contribution >= 4 is 17.7 Å². The molecule has 1 aliphatic carbocycles. The van der Waals surface area contributed by atoms with Gasteiger partial charge in [-0.15, -0.1) is 0 Å². The summed E-state index contributed by atoms with van der Waals surface area (Å²) < 4.78 is 0. The number of hydrogen-bond acceptors (Lipinski definition) is 5. The summed E-state index contributed by atoms with van der Waals surface area (Å²) in [6, 6.07) is 5.98. The minimum atomic E-state index is -0.557. The summed E-state index contributed by atoms with van der Waals surface area (Å²) in [7, 11) is 0. The van der Waals surface area contributed by atoms with Crippen LogP contribution in [-0.2, 0) is 22.7 Å². The monoisotopic (exact) mass is 396 g/mol. The zero-order valence-corrected chi connectivity index (χ0v) is 16.6. The first-order chi connectivity index (χ1) is 14.1. The summed E-state index contributed by atoms with van der Waals surface area (Å²) in [5.41, 5.74) is 2.83. The van der Waals surface area contributed by atoms with Crippen LogP contribution in [0.15, 0.2) is 18.2 Å². The molecule has 3 fully saturated rings. The maximum atomic E-state index is 12.9. The fourth-order valence-electron chi connectivity index (χ4n) is 5.62. The number of piperidine rings is 1. The van der Waals surface area contributed by atoms with E-state index in [1.54, 1.807) is 4.90 Å². The number of fused-ring (bicyclic) bond motifs is 3. The van der Waals surface area contributed by atoms with Crippen molar-refractivity contribution < 1.29 is 14.4 Å². The average Bonchev–Trinajstić information content (AvgIpc) is 3.22. The normalized spacial score (nSPS) is 31.2. The number of nitrogens with one attached hydrogen (secondary N) is 3. The van der Waals surface area contributed by atoms with E-state index in [9.17, 15) is 14.4 Å². The van der Waals surface area contributed by atoms with Crippen molar-refractivity contribution in [2.45, 2.75) is 57.3 Å². The lowest BCUT2D eigenvalue weighted by atomic mass is 9.82. The second-order valence-electron chi connectivity index (χ2n) is 9.02. The Kier molecular flexibility index (Phi) is 4.87. The van der Waals surface area contributed by atoms with Crippen LogP contribution in [0.3, 0.4) is 0 Å². The molecule has 1 aromatic rings. The minimum absolute atomic E-state index is 0.105. The van der Waals surface area contributed by atoms with Gasteiger partial charge >= 0.3 is 0 Å². The zero-order valence-electron chi connectivity index (χ0n) is 16.6. The van der Waals surface area contributed by atoms with E-state index < -0.39 is 6.04 Å². The van der Waals surface area contributed by atoms with Gasteiger partial charge in [0.1, 0.15) is 6.04 Å². The minimum Gasteiger partial charge on any atom is -0.322 e. The first-order valence-corrected chi connectivity index (χ1v) is 10.8. The van der Waals surface area contributed by atoms with Gasteiger partial charge in [-0.2, -0.15) is 0 Å². The maximum Gasteiger partial charge on any atom is 0.255 e. The van der Waals surface area contributed by atoms with Crippen LogP contribution in [0, 0.1) is 11.8 Å². The van der Waals surface area contributed by atoms with Crippen molar-refractivity contribution in [1.82, 2.24) is 20.9 Å². The smallest absolute Gasteiger partial charge is 0.255 e. The Morgan fingerprint density at radius 1 is 1.14 bits per heavy atom. The second kappa shape index (κ2) is 7.54. The van der Waals surface area contributed by atoms with Crippen LogP contribution in [0.4, 0.5) is 0 Å². The lowest BCUT2D eigenvalue weighted by molar-refractivity contribution is -0.136. The Bertz CT molecular complexity index is 842. The van der Waals surface area contributed by atoms with E-state index in [-0.39, 0.29) is 24.1 Å². The summed E-state index contributed by atoms with van der Waals surface area (Å²) in [5, 5.41) is 9.59. The molecule has 1 aromatic carbocycles. The zero-order chi connectivity index (χ0) is 20.0. The summed E-state index contributed by atoms with van der Waals surface area (Å²) in [5.74, 6) is 0.828. The van der Waals surface area contributed by atoms with Gasteiger partial charge in [0.25, 0.3) is 5.91 Å². The van der Waals surface area contributed by atoms with Crippen molar-refractivity contribution in [3.8, 4) is 0 Å². The maximum absolute atomic E-state index is 12.9. The van der Waals surface area contributed by atoms with Crippen LogP contribution in [-0.4, -0.2) is 47.8 Å². The molecule has 0 aromatic heterocycles. The molecule has 4 aliphatic rings. The first-order valence-electron chi connectivity index (χ1n) is 10.8. The summed E-state index contributed by atoms with van der Waals surface area (Å²) in [6.45, 7) is 3.35. The Hall–Kier alpha value is -2.25. The molecule has 7 heteroatoms. The predicted octanol–water partition coefficient (Wildman–Crippen LogP) is 0.925. The average molecular weight is 396 g/mol. The molecule has 7 nitrogen and oxygen atoms in total. The fourth-order valence-corrected chi connectivity index (χ4v) is 5.62. The van der Waals surface area contributed by atoms with Crippen LogP contribution in [0.25, 0.3) is 0 Å². The summed E-state index contributed by atoms with van der Waals surface area (Å²) >= 11 is 0. The van der Waals surface area contributed by atoms with E-state index >= 15 is 0 Å². The Labute approximate surface area is 170 Å². The largest absolute Gasteiger partial charge is 0.322 e. The van der Waals surface area contributed by atoms with Crippen LogP contribution in [0.2, 0.25) is 0 Å². The number of carbonyl (C=O) groups excluding carboxylic acids is 3. The first kappa shape index (κ1) is 18.8. The molecular formula is C22H28N4O3. The highest BCUT2D eigenvalue weighted by Gasteiger charge is 2.39. The molecule has 0 radical (unpaired) electrons. The third-order valence-electron chi connectivity index (χ3n) is 7.03. The van der Waals surface area contributed by atoms with E-state index in [0.29, 0.717) is 30.5 Å². The Balaban J connectivity index is 1.23. The fraction of sp³-hybridized carbons (Fsp3) is 0.591. The van der Waals surface area contributed by atoms with E-state index in [1.807, 2.05) is 12.1 Å². The molecule has 2 saturated heterocycles. The van der Waals surface area contributed by atoms with Crippen LogP contribution >= 0.6 is 0 Å². The molecule has 3 heterocycles. The number of nitrogens with zero attached hydrogens (tertiary/aromatic N) is 1. The molecule has 154 valence electrons. The van der Waals surface area contributed by atoms with Gasteiger partial charge in [0.05, 0.1) is 0 Å². The molecule has 0 spiro atoms. The van der Waals surface area contributed by atoms with Crippen molar-refractivity contribution in [3.63, 3.8) is 0 Å². The van der Waals surface area contributed by atoms with Crippen LogP contribution < -0.4 is 16.0 Å². The number of hydrogen-bond donors (Lipinski definition) is 3. The standard InChI is InChI=1S/C22H28N4O3/c27-20-5-4-19(21(28)25-20)26-12-18-15(2-1-3-17(18)22(26)29)11-23-9-13-6-14-8-16(7-13)24-10-14/h1-3,13-14,16,19,23-24H,4-12H2,(H,25,27,28). The molecule has 3 N–H and O–H groups in total. The molecule has 2 bridgehead atoms. The van der Waals surface area contributed by atoms with Crippen molar-refractivity contribution in [2.24, 2.45) is 11.8 Å². The van der Waals surface area contributed by atoms with Crippen LogP contribution in [0.1, 0.15) is 53.6 Å². The summed E-state index contributed by atoms with van der Waals surface area (Å²) in [6.07, 6.45) is 4.56. The number of carbonyl (C=O) groups is 3. The van der Waals surface area contributed by atoms with Gasteiger partial charge in [0.2, 0.25) is 11.8 Å². The lowest BCUT2D eigenvalue weighted by Crippen LogP contribution is -2.52. The van der Waals surface area contributed by atoms with E-state index in [4.69, 9.17) is 0 Å². The molecule has 3 amide bonds. The molecule has 3 aliphatic heterocycles. The number of rotatable bonds is 5. The highest BCUT2D eigenvalue weighted by Crippen LogP contribution is 2.33. The number of benzene rings is 1. The molecule has 5 rings (SSSR count). The quantitative estimate of drug-likeness (QED) is 0.644. The lowest BCUT2D eigenvalue weighted by Gasteiger charge is -2.29. The molecule has 4 unspecified atom stereocenters. The summed E-state index contributed by atoms with van der Waals surface area (Å²) in [4.78, 5) is 38.2. The van der Waals surface area contributed by atoms with Gasteiger partial charge in [0.15, 0.2) is 0 Å². The van der Waals surface area contributed by atoms with Crippen molar-refractivity contribution in [2.75, 3.05) is 13.1 Å².